The Bertz CT molecular complexity index is 335. The van der Waals surface area contributed by atoms with Crippen LogP contribution < -0.4 is 0 Å². The van der Waals surface area contributed by atoms with E-state index in [1.807, 2.05) is 37.3 Å². The predicted octanol–water partition coefficient (Wildman–Crippen LogP) is 1.87. The zero-order valence-electron chi connectivity index (χ0n) is 8.85. The number of nitrogens with zero attached hydrogens (tertiary/aromatic N) is 1. The summed E-state index contributed by atoms with van der Waals surface area (Å²) >= 11 is 0. The molecule has 3 heteroatoms. The lowest BCUT2D eigenvalue weighted by molar-refractivity contribution is 0.124. The van der Waals surface area contributed by atoms with Gasteiger partial charge in [-0.2, -0.15) is 0 Å². The molecular formula is C12H15NO2. The summed E-state index contributed by atoms with van der Waals surface area (Å²) in [6.45, 7) is 3.99. The van der Waals surface area contributed by atoms with Crippen molar-refractivity contribution in [1.29, 1.82) is 0 Å². The molecule has 1 unspecified atom stereocenters. The molecule has 1 aliphatic heterocycles. The second-order valence-electron chi connectivity index (χ2n) is 3.42. The Kier molecular flexibility index (Phi) is 3.35. The normalized spacial score (nSPS) is 19.8. The highest BCUT2D eigenvalue weighted by Gasteiger charge is 2.19. The fraction of sp³-hybridized carbons (Fsp3) is 0.417. The molecule has 1 aromatic carbocycles. The quantitative estimate of drug-likeness (QED) is 0.751. The summed E-state index contributed by atoms with van der Waals surface area (Å²) in [6, 6.07) is 10.1. The SMILES string of the molecule is CCOCC1COC(c2ccccc2)=N1. The van der Waals surface area contributed by atoms with Gasteiger partial charge in [0.2, 0.25) is 5.90 Å². The van der Waals surface area contributed by atoms with Gasteiger partial charge in [-0.05, 0) is 19.1 Å². The number of aliphatic imine (C=N–C) groups is 1. The standard InChI is InChI=1S/C12H15NO2/c1-2-14-8-11-9-15-12(13-11)10-6-4-3-5-7-10/h3-7,11H,2,8-9H2,1H3. The fourth-order valence-electron chi connectivity index (χ4n) is 1.49. The third kappa shape index (κ3) is 2.57. The molecule has 0 spiro atoms. The molecule has 80 valence electrons. The third-order valence-electron chi connectivity index (χ3n) is 2.25. The van der Waals surface area contributed by atoms with E-state index in [4.69, 9.17) is 9.47 Å². The van der Waals surface area contributed by atoms with Gasteiger partial charge < -0.3 is 9.47 Å². The van der Waals surface area contributed by atoms with Gasteiger partial charge in [0.25, 0.3) is 0 Å². The Morgan fingerprint density at radius 3 is 2.93 bits per heavy atom. The Hall–Kier alpha value is -1.35. The summed E-state index contributed by atoms with van der Waals surface area (Å²) < 4.78 is 10.8. The Labute approximate surface area is 89.7 Å². The molecule has 1 aliphatic rings. The van der Waals surface area contributed by atoms with Crippen LogP contribution in [0.4, 0.5) is 0 Å². The number of ether oxygens (including phenoxy) is 2. The zero-order chi connectivity index (χ0) is 10.5. The van der Waals surface area contributed by atoms with Gasteiger partial charge in [0, 0.05) is 12.2 Å². The average Bonchev–Trinajstić information content (AvgIpc) is 2.76. The van der Waals surface area contributed by atoms with Crippen LogP contribution in [0.3, 0.4) is 0 Å². The van der Waals surface area contributed by atoms with Crippen LogP contribution in [-0.4, -0.2) is 31.8 Å². The number of benzene rings is 1. The molecule has 0 aliphatic carbocycles. The van der Waals surface area contributed by atoms with Gasteiger partial charge in [-0.1, -0.05) is 18.2 Å². The van der Waals surface area contributed by atoms with Gasteiger partial charge >= 0.3 is 0 Å². The van der Waals surface area contributed by atoms with Crippen molar-refractivity contribution in [3.8, 4) is 0 Å². The lowest BCUT2D eigenvalue weighted by Crippen LogP contribution is -2.14. The maximum absolute atomic E-state index is 5.52. The number of hydrogen-bond acceptors (Lipinski definition) is 3. The highest BCUT2D eigenvalue weighted by Crippen LogP contribution is 2.11. The molecule has 15 heavy (non-hydrogen) atoms. The van der Waals surface area contributed by atoms with Crippen molar-refractivity contribution in [1.82, 2.24) is 0 Å². The van der Waals surface area contributed by atoms with E-state index in [2.05, 4.69) is 4.99 Å². The van der Waals surface area contributed by atoms with Crippen LogP contribution in [0.15, 0.2) is 35.3 Å². The first-order chi connectivity index (χ1) is 7.40. The van der Waals surface area contributed by atoms with E-state index in [1.54, 1.807) is 0 Å². The van der Waals surface area contributed by atoms with Crippen molar-refractivity contribution < 1.29 is 9.47 Å². The second-order valence-corrected chi connectivity index (χ2v) is 3.42. The molecule has 3 nitrogen and oxygen atoms in total. The van der Waals surface area contributed by atoms with E-state index < -0.39 is 0 Å². The Morgan fingerprint density at radius 1 is 1.40 bits per heavy atom. The van der Waals surface area contributed by atoms with E-state index in [9.17, 15) is 0 Å². The molecule has 0 fully saturated rings. The topological polar surface area (TPSA) is 30.8 Å². The van der Waals surface area contributed by atoms with Gasteiger partial charge in [0.05, 0.1) is 6.61 Å². The van der Waals surface area contributed by atoms with Crippen LogP contribution >= 0.6 is 0 Å². The van der Waals surface area contributed by atoms with Crippen molar-refractivity contribution in [3.63, 3.8) is 0 Å². The summed E-state index contributed by atoms with van der Waals surface area (Å²) in [4.78, 5) is 4.47. The summed E-state index contributed by atoms with van der Waals surface area (Å²) in [7, 11) is 0. The van der Waals surface area contributed by atoms with Crippen molar-refractivity contribution in [2.75, 3.05) is 19.8 Å². The van der Waals surface area contributed by atoms with E-state index in [0.717, 1.165) is 18.1 Å². The molecule has 0 bridgehead atoms. The molecule has 0 saturated heterocycles. The zero-order valence-corrected chi connectivity index (χ0v) is 8.85. The van der Waals surface area contributed by atoms with Gasteiger partial charge in [0.1, 0.15) is 12.6 Å². The van der Waals surface area contributed by atoms with Crippen molar-refractivity contribution in [3.05, 3.63) is 35.9 Å². The van der Waals surface area contributed by atoms with Crippen LogP contribution in [0.1, 0.15) is 12.5 Å². The minimum Gasteiger partial charge on any atom is -0.475 e. The van der Waals surface area contributed by atoms with E-state index in [0.29, 0.717) is 13.2 Å². The van der Waals surface area contributed by atoms with E-state index >= 15 is 0 Å². The van der Waals surface area contributed by atoms with Gasteiger partial charge in [-0.15, -0.1) is 0 Å². The van der Waals surface area contributed by atoms with Crippen molar-refractivity contribution >= 4 is 5.90 Å². The summed E-state index contributed by atoms with van der Waals surface area (Å²) in [5.41, 5.74) is 1.04. The smallest absolute Gasteiger partial charge is 0.216 e. The van der Waals surface area contributed by atoms with Gasteiger partial charge in [-0.25, -0.2) is 4.99 Å². The molecule has 0 saturated carbocycles. The monoisotopic (exact) mass is 205 g/mol. The molecule has 1 heterocycles. The molecule has 0 amide bonds. The first kappa shape index (κ1) is 10.2. The van der Waals surface area contributed by atoms with Crippen LogP contribution in [0.5, 0.6) is 0 Å². The highest BCUT2D eigenvalue weighted by atomic mass is 16.5. The summed E-state index contributed by atoms with van der Waals surface area (Å²) in [5, 5.41) is 0. The number of rotatable bonds is 4. The molecule has 1 atom stereocenters. The van der Waals surface area contributed by atoms with Crippen LogP contribution in [-0.2, 0) is 9.47 Å². The average molecular weight is 205 g/mol. The summed E-state index contributed by atoms with van der Waals surface area (Å²) in [5.74, 6) is 0.736. The molecular weight excluding hydrogens is 190 g/mol. The van der Waals surface area contributed by atoms with Crippen LogP contribution in [0, 0.1) is 0 Å². The Morgan fingerprint density at radius 2 is 2.20 bits per heavy atom. The van der Waals surface area contributed by atoms with Crippen LogP contribution in [0.2, 0.25) is 0 Å². The minimum absolute atomic E-state index is 0.153. The molecule has 1 aromatic rings. The summed E-state index contributed by atoms with van der Waals surface area (Å²) in [6.07, 6.45) is 0. The van der Waals surface area contributed by atoms with Crippen molar-refractivity contribution in [2.45, 2.75) is 13.0 Å². The largest absolute Gasteiger partial charge is 0.475 e. The van der Waals surface area contributed by atoms with E-state index in [-0.39, 0.29) is 6.04 Å². The molecule has 2 rings (SSSR count). The van der Waals surface area contributed by atoms with Gasteiger partial charge in [-0.3, -0.25) is 0 Å². The maximum Gasteiger partial charge on any atom is 0.216 e. The molecule has 0 aromatic heterocycles. The Balaban J connectivity index is 2.00. The molecule has 0 N–H and O–H groups in total. The maximum atomic E-state index is 5.52. The molecule has 0 radical (unpaired) electrons. The lowest BCUT2D eigenvalue weighted by atomic mass is 10.2. The van der Waals surface area contributed by atoms with Crippen molar-refractivity contribution in [2.24, 2.45) is 4.99 Å². The first-order valence-electron chi connectivity index (χ1n) is 5.24. The van der Waals surface area contributed by atoms with Gasteiger partial charge in [0.15, 0.2) is 0 Å². The van der Waals surface area contributed by atoms with E-state index in [1.165, 1.54) is 0 Å². The first-order valence-corrected chi connectivity index (χ1v) is 5.24. The highest BCUT2D eigenvalue weighted by molar-refractivity contribution is 5.95. The lowest BCUT2D eigenvalue weighted by Gasteiger charge is -2.03. The minimum atomic E-state index is 0.153. The fourth-order valence-corrected chi connectivity index (χ4v) is 1.49. The number of hydrogen-bond donors (Lipinski definition) is 0. The van der Waals surface area contributed by atoms with Crippen LogP contribution in [0.25, 0.3) is 0 Å². The second kappa shape index (κ2) is 4.94. The third-order valence-corrected chi connectivity index (χ3v) is 2.25. The predicted molar refractivity (Wildman–Crippen MR) is 59.2 cm³/mol.